The molecule has 0 unspecified atom stereocenters. The number of nitrogens with zero attached hydrogens (tertiary/aromatic N) is 2. The molecule has 1 atom stereocenters. The quantitative estimate of drug-likeness (QED) is 0.790. The molecule has 0 spiro atoms. The van der Waals surface area contributed by atoms with E-state index < -0.39 is 0 Å². The molecule has 1 N–H and O–H groups in total. The van der Waals surface area contributed by atoms with Crippen LogP contribution in [0.5, 0.6) is 0 Å². The number of thiazole rings is 1. The second-order valence-electron chi connectivity index (χ2n) is 6.38. The number of hydrogen-bond donors (Lipinski definition) is 1. The average Bonchev–Trinajstić information content (AvgIpc) is 3.31. The molecule has 1 fully saturated rings. The second kappa shape index (κ2) is 8.80. The average molecular weight is 373 g/mol. The van der Waals surface area contributed by atoms with Crippen LogP contribution in [0.3, 0.4) is 0 Å². The highest BCUT2D eigenvalue weighted by Crippen LogP contribution is 2.29. The summed E-state index contributed by atoms with van der Waals surface area (Å²) in [6.45, 7) is 3.59. The minimum Gasteiger partial charge on any atom is -0.465 e. The van der Waals surface area contributed by atoms with E-state index in [4.69, 9.17) is 9.40 Å². The number of likely N-dealkylation sites (tertiary alicyclic amines) is 1. The molecule has 0 saturated carbocycles. The molecule has 138 valence electrons. The van der Waals surface area contributed by atoms with Crippen molar-refractivity contribution in [3.8, 4) is 0 Å². The Morgan fingerprint density at radius 3 is 3.15 bits per heavy atom. The number of rotatable bonds is 6. The van der Waals surface area contributed by atoms with Crippen molar-refractivity contribution >= 4 is 29.2 Å². The van der Waals surface area contributed by atoms with Crippen molar-refractivity contribution in [2.45, 2.75) is 32.1 Å². The Labute approximate surface area is 156 Å². The Morgan fingerprint density at radius 2 is 2.38 bits per heavy atom. The van der Waals surface area contributed by atoms with Gasteiger partial charge in [-0.1, -0.05) is 0 Å². The van der Waals surface area contributed by atoms with Gasteiger partial charge < -0.3 is 14.6 Å². The predicted molar refractivity (Wildman–Crippen MR) is 101 cm³/mol. The molecule has 1 saturated heterocycles. The summed E-state index contributed by atoms with van der Waals surface area (Å²) in [5.41, 5.74) is 1.000. The summed E-state index contributed by atoms with van der Waals surface area (Å²) in [7, 11) is 0. The third kappa shape index (κ3) is 5.05. The molecule has 7 heteroatoms. The maximum absolute atomic E-state index is 12.4. The van der Waals surface area contributed by atoms with Crippen LogP contribution in [0, 0.1) is 0 Å². The lowest BCUT2D eigenvalue weighted by Gasteiger charge is -2.31. The fraction of sp³-hybridized carbons (Fsp3) is 0.421. The highest BCUT2D eigenvalue weighted by atomic mass is 32.1. The molecule has 1 aliphatic rings. The van der Waals surface area contributed by atoms with E-state index in [1.165, 1.54) is 6.92 Å². The number of carbonyl (C=O) groups is 2. The summed E-state index contributed by atoms with van der Waals surface area (Å²) in [6, 6.07) is 3.62. The SMILES string of the molecule is CC(=O)NCCc1csc([C@H]2CCCN(C(=O)/C=C/c3ccco3)C2)n1. The van der Waals surface area contributed by atoms with Gasteiger partial charge in [-0.15, -0.1) is 11.3 Å². The maximum Gasteiger partial charge on any atom is 0.246 e. The predicted octanol–water partition coefficient (Wildman–Crippen LogP) is 2.83. The van der Waals surface area contributed by atoms with Crippen LogP contribution in [0.15, 0.2) is 34.3 Å². The molecule has 3 heterocycles. The Balaban J connectivity index is 1.55. The summed E-state index contributed by atoms with van der Waals surface area (Å²) in [6.07, 6.45) is 7.62. The zero-order valence-electron chi connectivity index (χ0n) is 14.8. The van der Waals surface area contributed by atoms with Crippen LogP contribution < -0.4 is 5.32 Å². The normalized spacial score (nSPS) is 17.6. The summed E-state index contributed by atoms with van der Waals surface area (Å²) < 4.78 is 5.22. The Morgan fingerprint density at radius 1 is 1.50 bits per heavy atom. The van der Waals surface area contributed by atoms with Gasteiger partial charge in [0.1, 0.15) is 5.76 Å². The van der Waals surface area contributed by atoms with Gasteiger partial charge >= 0.3 is 0 Å². The van der Waals surface area contributed by atoms with Gasteiger partial charge in [-0.25, -0.2) is 4.98 Å². The number of amides is 2. The summed E-state index contributed by atoms with van der Waals surface area (Å²) in [4.78, 5) is 29.9. The van der Waals surface area contributed by atoms with E-state index in [0.717, 1.165) is 36.5 Å². The van der Waals surface area contributed by atoms with Crippen molar-refractivity contribution in [3.63, 3.8) is 0 Å². The Bertz CT molecular complexity index is 767. The molecule has 0 aromatic carbocycles. The van der Waals surface area contributed by atoms with Gasteiger partial charge in [0.25, 0.3) is 0 Å². The van der Waals surface area contributed by atoms with Crippen LogP contribution in [0.1, 0.15) is 42.1 Å². The van der Waals surface area contributed by atoms with E-state index >= 15 is 0 Å². The number of hydrogen-bond acceptors (Lipinski definition) is 5. The van der Waals surface area contributed by atoms with Gasteiger partial charge in [-0.3, -0.25) is 9.59 Å². The van der Waals surface area contributed by atoms with Crippen LogP contribution in [0.4, 0.5) is 0 Å². The molecule has 2 aromatic rings. The summed E-state index contributed by atoms with van der Waals surface area (Å²) in [5.74, 6) is 0.943. The Kier molecular flexibility index (Phi) is 6.22. The van der Waals surface area contributed by atoms with Gasteiger partial charge in [0.15, 0.2) is 0 Å². The first-order valence-corrected chi connectivity index (χ1v) is 9.69. The van der Waals surface area contributed by atoms with Gasteiger partial charge in [-0.2, -0.15) is 0 Å². The van der Waals surface area contributed by atoms with E-state index in [-0.39, 0.29) is 17.7 Å². The van der Waals surface area contributed by atoms with E-state index in [2.05, 4.69) is 10.7 Å². The van der Waals surface area contributed by atoms with Crippen molar-refractivity contribution in [2.75, 3.05) is 19.6 Å². The van der Waals surface area contributed by atoms with Crippen LogP contribution >= 0.6 is 11.3 Å². The maximum atomic E-state index is 12.4. The number of aromatic nitrogens is 1. The van der Waals surface area contributed by atoms with Crippen molar-refractivity contribution in [1.29, 1.82) is 0 Å². The first kappa shape index (κ1) is 18.4. The largest absolute Gasteiger partial charge is 0.465 e. The van der Waals surface area contributed by atoms with E-state index in [9.17, 15) is 9.59 Å². The van der Waals surface area contributed by atoms with E-state index in [1.54, 1.807) is 35.8 Å². The van der Waals surface area contributed by atoms with Crippen LogP contribution in [-0.2, 0) is 16.0 Å². The zero-order chi connectivity index (χ0) is 18.4. The molecule has 6 nitrogen and oxygen atoms in total. The lowest BCUT2D eigenvalue weighted by Crippen LogP contribution is -2.38. The topological polar surface area (TPSA) is 75.4 Å². The smallest absolute Gasteiger partial charge is 0.246 e. The first-order chi connectivity index (χ1) is 12.6. The molecule has 0 bridgehead atoms. The van der Waals surface area contributed by atoms with Gasteiger partial charge in [0.05, 0.1) is 17.0 Å². The lowest BCUT2D eigenvalue weighted by molar-refractivity contribution is -0.127. The van der Waals surface area contributed by atoms with Crippen molar-refractivity contribution in [1.82, 2.24) is 15.2 Å². The monoisotopic (exact) mass is 373 g/mol. The van der Waals surface area contributed by atoms with Crippen molar-refractivity contribution in [2.24, 2.45) is 0 Å². The highest BCUT2D eigenvalue weighted by molar-refractivity contribution is 7.09. The number of carbonyl (C=O) groups excluding carboxylic acids is 2. The van der Waals surface area contributed by atoms with Crippen molar-refractivity contribution < 1.29 is 14.0 Å². The highest BCUT2D eigenvalue weighted by Gasteiger charge is 2.25. The molecule has 3 rings (SSSR count). The number of furan rings is 1. The fourth-order valence-corrected chi connectivity index (χ4v) is 4.00. The lowest BCUT2D eigenvalue weighted by atomic mass is 9.98. The fourth-order valence-electron chi connectivity index (χ4n) is 3.02. The van der Waals surface area contributed by atoms with Crippen LogP contribution in [0.25, 0.3) is 6.08 Å². The Hall–Kier alpha value is -2.41. The van der Waals surface area contributed by atoms with Crippen LogP contribution in [0.2, 0.25) is 0 Å². The van der Waals surface area contributed by atoms with Gasteiger partial charge in [0.2, 0.25) is 11.8 Å². The van der Waals surface area contributed by atoms with Crippen LogP contribution in [-0.4, -0.2) is 41.3 Å². The van der Waals surface area contributed by atoms with E-state index in [1.807, 2.05) is 11.0 Å². The number of piperidine rings is 1. The minimum absolute atomic E-state index is 0.00791. The minimum atomic E-state index is -0.0236. The summed E-state index contributed by atoms with van der Waals surface area (Å²) in [5, 5.41) is 5.92. The van der Waals surface area contributed by atoms with Gasteiger partial charge in [0, 0.05) is 50.4 Å². The van der Waals surface area contributed by atoms with Gasteiger partial charge in [-0.05, 0) is 31.1 Å². The van der Waals surface area contributed by atoms with Crippen molar-refractivity contribution in [3.05, 3.63) is 46.3 Å². The molecule has 2 aromatic heterocycles. The molecule has 2 amide bonds. The molecule has 26 heavy (non-hydrogen) atoms. The molecular formula is C19H23N3O3S. The first-order valence-electron chi connectivity index (χ1n) is 8.81. The molecule has 0 radical (unpaired) electrons. The standard InChI is InChI=1S/C19H23N3O3S/c1-14(23)20-9-8-16-13-26-19(21-16)15-4-2-10-22(12-15)18(24)7-6-17-5-3-11-25-17/h3,5-7,11,13,15H,2,4,8-10,12H2,1H3,(H,20,23)/b7-6+/t15-/m0/s1. The third-order valence-corrected chi connectivity index (χ3v) is 5.40. The van der Waals surface area contributed by atoms with E-state index in [0.29, 0.717) is 18.8 Å². The summed E-state index contributed by atoms with van der Waals surface area (Å²) >= 11 is 1.65. The second-order valence-corrected chi connectivity index (χ2v) is 7.27. The third-order valence-electron chi connectivity index (χ3n) is 4.34. The molecular weight excluding hydrogens is 350 g/mol. The molecule has 0 aliphatic carbocycles. The number of nitrogens with one attached hydrogen (secondary N) is 1. The zero-order valence-corrected chi connectivity index (χ0v) is 15.6. The molecule has 1 aliphatic heterocycles.